The third kappa shape index (κ3) is 5.17. The van der Waals surface area contributed by atoms with E-state index < -0.39 is 32.0 Å². The Hall–Kier alpha value is -4.48. The number of carbonyl (C=O) groups is 2. The van der Waals surface area contributed by atoms with Gasteiger partial charge in [0.15, 0.2) is 5.03 Å². The number of hydrogen-bond acceptors (Lipinski definition) is 9. The van der Waals surface area contributed by atoms with Gasteiger partial charge in [0.1, 0.15) is 21.7 Å². The first-order valence-corrected chi connectivity index (χ1v) is 15.3. The number of nitrogens with zero attached hydrogens (tertiary/aromatic N) is 1. The molecule has 1 aliphatic heterocycles. The summed E-state index contributed by atoms with van der Waals surface area (Å²) in [4.78, 5) is 27.7. The number of thioether (sulfide) groups is 1. The second-order valence-corrected chi connectivity index (χ2v) is 12.2. The molecule has 0 saturated heterocycles. The van der Waals surface area contributed by atoms with Crippen molar-refractivity contribution >= 4 is 50.1 Å². The van der Waals surface area contributed by atoms with Gasteiger partial charge in [-0.3, -0.25) is 9.36 Å². The Balaban J connectivity index is 1.88. The van der Waals surface area contributed by atoms with Gasteiger partial charge in [0.25, 0.3) is 0 Å². The van der Waals surface area contributed by atoms with E-state index in [1.807, 2.05) is 0 Å². The highest BCUT2D eigenvalue weighted by Crippen LogP contribution is 2.41. The smallest absolute Gasteiger partial charge is 0.346 e. The molecule has 4 aromatic rings. The normalized spacial score (nSPS) is 15.3. The molecule has 1 aromatic heterocycles. The summed E-state index contributed by atoms with van der Waals surface area (Å²) in [5.74, 6) is -0.0569. The number of fused-ring (bicyclic) bond motifs is 1. The van der Waals surface area contributed by atoms with E-state index >= 15 is 0 Å². The maximum Gasteiger partial charge on any atom is 0.346 e. The summed E-state index contributed by atoms with van der Waals surface area (Å²) in [5.41, 5.74) is 7.68. The number of hydrogen-bond donors (Lipinski definition) is 1. The Bertz CT molecular complexity index is 1880. The van der Waals surface area contributed by atoms with Gasteiger partial charge < -0.3 is 19.9 Å². The zero-order chi connectivity index (χ0) is 30.0. The van der Waals surface area contributed by atoms with Crippen LogP contribution in [0.2, 0.25) is 0 Å². The quantitative estimate of drug-likeness (QED) is 0.301. The molecule has 216 valence electrons. The van der Waals surface area contributed by atoms with E-state index in [-0.39, 0.29) is 32.7 Å². The van der Waals surface area contributed by atoms with Crippen LogP contribution in [0.5, 0.6) is 11.5 Å². The lowest BCUT2D eigenvalue weighted by Gasteiger charge is -2.24. The van der Waals surface area contributed by atoms with Gasteiger partial charge >= 0.3 is 5.97 Å². The van der Waals surface area contributed by atoms with Crippen molar-refractivity contribution < 1.29 is 32.2 Å². The molecule has 0 saturated carbocycles. The van der Waals surface area contributed by atoms with E-state index in [4.69, 9.17) is 19.9 Å². The van der Waals surface area contributed by atoms with Crippen LogP contribution in [-0.2, 0) is 19.4 Å². The fraction of sp³-hybridized carbons (Fsp3) is 0.161. The van der Waals surface area contributed by atoms with E-state index in [0.29, 0.717) is 22.6 Å². The first kappa shape index (κ1) is 29.0. The van der Waals surface area contributed by atoms with Crippen LogP contribution in [0.25, 0.3) is 11.0 Å². The highest BCUT2D eigenvalue weighted by molar-refractivity contribution is 8.10. The maximum atomic E-state index is 14.3. The molecular formula is C31H28N2O7S2. The van der Waals surface area contributed by atoms with Gasteiger partial charge in [0.2, 0.25) is 15.7 Å². The lowest BCUT2D eigenvalue weighted by atomic mass is 10.1. The van der Waals surface area contributed by atoms with Gasteiger partial charge in [0.05, 0.1) is 36.8 Å². The van der Waals surface area contributed by atoms with Crippen LogP contribution >= 0.6 is 11.8 Å². The van der Waals surface area contributed by atoms with Gasteiger partial charge in [-0.2, -0.15) is 0 Å². The number of anilines is 1. The Morgan fingerprint density at radius 1 is 0.952 bits per heavy atom. The van der Waals surface area contributed by atoms with E-state index in [2.05, 4.69) is 0 Å². The summed E-state index contributed by atoms with van der Waals surface area (Å²) in [6.45, 7) is 1.74. The highest BCUT2D eigenvalue weighted by atomic mass is 32.2. The Kier molecular flexibility index (Phi) is 8.15. The average Bonchev–Trinajstić information content (AvgIpc) is 3.31. The monoisotopic (exact) mass is 604 g/mol. The van der Waals surface area contributed by atoms with Crippen LogP contribution in [0.4, 0.5) is 5.69 Å². The second-order valence-electron chi connectivity index (χ2n) is 9.21. The topological polar surface area (TPSA) is 127 Å². The lowest BCUT2D eigenvalue weighted by molar-refractivity contribution is -0.135. The zero-order valence-corrected chi connectivity index (χ0v) is 24.7. The predicted molar refractivity (Wildman–Crippen MR) is 161 cm³/mol. The van der Waals surface area contributed by atoms with Gasteiger partial charge in [-0.05, 0) is 60.5 Å². The molecule has 1 aliphatic rings. The summed E-state index contributed by atoms with van der Waals surface area (Å²) in [5, 5.41) is -1.09. The van der Waals surface area contributed by atoms with E-state index in [1.165, 1.54) is 19.2 Å². The van der Waals surface area contributed by atoms with Gasteiger partial charge in [-0.25, -0.2) is 13.2 Å². The number of ether oxygens (including phenoxy) is 3. The van der Waals surface area contributed by atoms with E-state index in [1.54, 1.807) is 86.8 Å². The molecule has 2 heterocycles. The molecule has 5 rings (SSSR count). The predicted octanol–water partition coefficient (Wildman–Crippen LogP) is 3.55. The molecule has 0 spiro atoms. The average molecular weight is 605 g/mol. The largest absolute Gasteiger partial charge is 0.497 e. The third-order valence-corrected chi connectivity index (χ3v) is 9.82. The fourth-order valence-electron chi connectivity index (χ4n) is 4.68. The number of nitrogen functional groups attached to an aromatic ring is 1. The van der Waals surface area contributed by atoms with E-state index in [0.717, 1.165) is 16.3 Å². The van der Waals surface area contributed by atoms with Gasteiger partial charge in [-0.1, -0.05) is 54.2 Å². The molecule has 11 heteroatoms. The third-order valence-electron chi connectivity index (χ3n) is 6.71. The molecule has 1 unspecified atom stereocenters. The number of methoxy groups -OCH3 is 2. The van der Waals surface area contributed by atoms with Gasteiger partial charge in [0, 0.05) is 5.22 Å². The van der Waals surface area contributed by atoms with Crippen molar-refractivity contribution in [2.75, 3.05) is 26.6 Å². The Labute approximate surface area is 247 Å². The number of esters is 1. The highest BCUT2D eigenvalue weighted by Gasteiger charge is 2.40. The van der Waals surface area contributed by atoms with Crippen molar-refractivity contribution in [3.8, 4) is 11.5 Å². The van der Waals surface area contributed by atoms with Crippen molar-refractivity contribution in [1.82, 2.24) is 4.57 Å². The molecule has 42 heavy (non-hydrogen) atoms. The maximum absolute atomic E-state index is 14.3. The number of carbonyl (C=O) groups excluding carboxylic acids is 2. The molecule has 1 atom stereocenters. The molecule has 9 nitrogen and oxygen atoms in total. The number of rotatable bonds is 8. The fourth-order valence-corrected chi connectivity index (χ4v) is 7.44. The summed E-state index contributed by atoms with van der Waals surface area (Å²) >= 11 is 0.997. The minimum absolute atomic E-state index is 0.0438. The summed E-state index contributed by atoms with van der Waals surface area (Å²) in [6.07, 6.45) is 1.64. The Morgan fingerprint density at radius 2 is 1.55 bits per heavy atom. The molecule has 0 bridgehead atoms. The number of sulfone groups is 1. The van der Waals surface area contributed by atoms with Gasteiger partial charge in [-0.15, -0.1) is 0 Å². The molecular weight excluding hydrogens is 576 g/mol. The van der Waals surface area contributed by atoms with Crippen LogP contribution < -0.4 is 25.8 Å². The number of nitrogens with two attached hydrogens (primary N) is 1. The standard InChI is InChI=1S/C31H28N2O7S2/c1-4-40-31(35)28-26-24(18-19-10-14-21(38-2)15-11-19)25(32)30(42(36,37)23-8-6-5-7-9-23)33(26)29(34)27(41-28)20-12-16-22(39-3)17-13-20/h5-18,27H,4,32H2,1-3H3/b24-18+. The SMILES string of the molecule is CCOC(=O)C1=c2/c(=C/c3ccc(OC)cc3)c(N)c(S(=O)(=O)c3ccccc3)n2C(=O)C(c2ccc(OC)cc2)S1. The van der Waals surface area contributed by atoms with Crippen molar-refractivity contribution in [2.24, 2.45) is 0 Å². The van der Waals surface area contributed by atoms with Crippen LogP contribution in [0, 0.1) is 0 Å². The molecule has 2 N–H and O–H groups in total. The van der Waals surface area contributed by atoms with E-state index in [9.17, 15) is 18.0 Å². The van der Waals surface area contributed by atoms with Crippen LogP contribution in [0.1, 0.15) is 28.1 Å². The first-order valence-electron chi connectivity index (χ1n) is 12.9. The zero-order valence-electron chi connectivity index (χ0n) is 23.1. The van der Waals surface area contributed by atoms with Crippen molar-refractivity contribution in [3.05, 3.63) is 101 Å². The molecule has 0 amide bonds. The second kappa shape index (κ2) is 11.8. The summed E-state index contributed by atoms with van der Waals surface area (Å²) in [6, 6.07) is 21.5. The number of aromatic nitrogens is 1. The molecule has 0 radical (unpaired) electrons. The first-order chi connectivity index (χ1) is 20.2. The van der Waals surface area contributed by atoms with Crippen LogP contribution in [0.15, 0.2) is 88.8 Å². The van der Waals surface area contributed by atoms with Crippen LogP contribution in [-0.4, -0.2) is 45.7 Å². The molecule has 0 aliphatic carbocycles. The summed E-state index contributed by atoms with van der Waals surface area (Å²) < 4.78 is 45.2. The van der Waals surface area contributed by atoms with Crippen molar-refractivity contribution in [3.63, 3.8) is 0 Å². The Morgan fingerprint density at radius 3 is 2.12 bits per heavy atom. The molecule has 0 fully saturated rings. The molecule has 3 aromatic carbocycles. The number of benzene rings is 3. The van der Waals surface area contributed by atoms with Crippen molar-refractivity contribution in [1.29, 1.82) is 0 Å². The van der Waals surface area contributed by atoms with Crippen LogP contribution in [0.3, 0.4) is 0 Å². The van der Waals surface area contributed by atoms with Crippen molar-refractivity contribution in [2.45, 2.75) is 22.1 Å². The minimum Gasteiger partial charge on any atom is -0.497 e. The minimum atomic E-state index is -4.32. The lowest BCUT2D eigenvalue weighted by Crippen LogP contribution is -2.42. The summed E-state index contributed by atoms with van der Waals surface area (Å²) in [7, 11) is -1.25.